The fourth-order valence-corrected chi connectivity index (χ4v) is 1.65. The van der Waals surface area contributed by atoms with E-state index in [2.05, 4.69) is 5.32 Å². The van der Waals surface area contributed by atoms with Gasteiger partial charge in [-0.05, 0) is 5.92 Å². The van der Waals surface area contributed by atoms with Gasteiger partial charge in [-0.1, -0.05) is 20.8 Å². The van der Waals surface area contributed by atoms with Gasteiger partial charge in [-0.3, -0.25) is 9.59 Å². The van der Waals surface area contributed by atoms with Gasteiger partial charge >= 0.3 is 0 Å². The van der Waals surface area contributed by atoms with Crippen LogP contribution in [-0.2, 0) is 28.5 Å². The topological polar surface area (TPSA) is 83.1 Å². The van der Waals surface area contributed by atoms with E-state index < -0.39 is 0 Å². The number of rotatable bonds is 17. The number of amides is 1. The molecule has 0 fully saturated rings. The van der Waals surface area contributed by atoms with E-state index in [-0.39, 0.29) is 18.3 Å². The zero-order valence-corrected chi connectivity index (χ0v) is 15.3. The number of carbonyl (C=O) groups excluding carboxylic acids is 2. The lowest BCUT2D eigenvalue weighted by atomic mass is 10.1. The molecule has 0 aliphatic heterocycles. The van der Waals surface area contributed by atoms with E-state index in [1.165, 1.54) is 0 Å². The number of Topliss-reactive ketones (excluding diaryl/α,β-unsaturated/α-hetero) is 1. The predicted molar refractivity (Wildman–Crippen MR) is 91.0 cm³/mol. The van der Waals surface area contributed by atoms with Crippen molar-refractivity contribution < 1.29 is 28.5 Å². The Morgan fingerprint density at radius 1 is 0.833 bits per heavy atom. The largest absolute Gasteiger partial charge is 0.377 e. The molecular weight excluding hydrogens is 314 g/mol. The first-order valence-corrected chi connectivity index (χ1v) is 8.65. The summed E-state index contributed by atoms with van der Waals surface area (Å²) in [7, 11) is 0. The van der Waals surface area contributed by atoms with E-state index in [0.717, 1.165) is 0 Å². The van der Waals surface area contributed by atoms with Gasteiger partial charge in [-0.15, -0.1) is 0 Å². The summed E-state index contributed by atoms with van der Waals surface area (Å²) in [5.74, 6) is 0.523. The highest BCUT2D eigenvalue weighted by atomic mass is 16.6. The average Bonchev–Trinajstić information content (AvgIpc) is 2.54. The minimum absolute atomic E-state index is 0.0602. The molecule has 7 nitrogen and oxygen atoms in total. The summed E-state index contributed by atoms with van der Waals surface area (Å²) >= 11 is 0. The van der Waals surface area contributed by atoms with Crippen molar-refractivity contribution in [1.82, 2.24) is 5.32 Å². The molecule has 0 radical (unpaired) electrons. The number of ketones is 1. The maximum atomic E-state index is 11.4. The SMILES string of the molecule is CCC(=O)COCCOCCOCCOCCNC(=O)CC(C)C. The smallest absolute Gasteiger partial charge is 0.220 e. The first-order valence-electron chi connectivity index (χ1n) is 8.65. The maximum Gasteiger partial charge on any atom is 0.220 e. The van der Waals surface area contributed by atoms with Crippen molar-refractivity contribution in [2.75, 3.05) is 59.4 Å². The number of hydrogen-bond donors (Lipinski definition) is 1. The van der Waals surface area contributed by atoms with Gasteiger partial charge in [0.05, 0.1) is 46.2 Å². The number of hydrogen-bond acceptors (Lipinski definition) is 6. The van der Waals surface area contributed by atoms with Crippen molar-refractivity contribution in [3.05, 3.63) is 0 Å². The van der Waals surface area contributed by atoms with Gasteiger partial charge in [-0.2, -0.15) is 0 Å². The van der Waals surface area contributed by atoms with Crippen LogP contribution < -0.4 is 5.32 Å². The molecule has 0 unspecified atom stereocenters. The van der Waals surface area contributed by atoms with Gasteiger partial charge in [0.1, 0.15) is 6.61 Å². The molecule has 0 rings (SSSR count). The van der Waals surface area contributed by atoms with Gasteiger partial charge in [0.25, 0.3) is 0 Å². The summed E-state index contributed by atoms with van der Waals surface area (Å²) < 4.78 is 21.1. The minimum Gasteiger partial charge on any atom is -0.377 e. The lowest BCUT2D eigenvalue weighted by molar-refractivity contribution is -0.124. The van der Waals surface area contributed by atoms with Crippen LogP contribution in [-0.4, -0.2) is 71.1 Å². The molecule has 0 aromatic carbocycles. The third-order valence-corrected chi connectivity index (χ3v) is 2.94. The molecule has 0 aromatic heterocycles. The van der Waals surface area contributed by atoms with E-state index in [4.69, 9.17) is 18.9 Å². The van der Waals surface area contributed by atoms with Crippen LogP contribution in [0.4, 0.5) is 0 Å². The molecule has 0 saturated heterocycles. The van der Waals surface area contributed by atoms with Crippen LogP contribution in [0.15, 0.2) is 0 Å². The molecule has 0 aliphatic carbocycles. The number of carbonyl (C=O) groups is 2. The molecular formula is C17H33NO6. The van der Waals surface area contributed by atoms with Crippen LogP contribution in [0.1, 0.15) is 33.6 Å². The van der Waals surface area contributed by atoms with Gasteiger partial charge < -0.3 is 24.3 Å². The highest BCUT2D eigenvalue weighted by Gasteiger charge is 2.03. The molecule has 1 N–H and O–H groups in total. The van der Waals surface area contributed by atoms with Crippen LogP contribution >= 0.6 is 0 Å². The van der Waals surface area contributed by atoms with Crippen LogP contribution in [0, 0.1) is 5.92 Å². The minimum atomic E-state index is 0.0602. The zero-order valence-electron chi connectivity index (χ0n) is 15.3. The van der Waals surface area contributed by atoms with Crippen molar-refractivity contribution in [3.8, 4) is 0 Å². The quantitative estimate of drug-likeness (QED) is 0.398. The summed E-state index contributed by atoms with van der Waals surface area (Å²) in [6, 6.07) is 0. The molecule has 24 heavy (non-hydrogen) atoms. The zero-order chi connectivity index (χ0) is 18.0. The van der Waals surface area contributed by atoms with Gasteiger partial charge in [0, 0.05) is 19.4 Å². The first kappa shape index (κ1) is 23.0. The predicted octanol–water partition coefficient (Wildman–Crippen LogP) is 1.19. The molecule has 0 aromatic rings. The summed E-state index contributed by atoms with van der Waals surface area (Å²) in [6.45, 7) is 9.82. The van der Waals surface area contributed by atoms with E-state index in [1.54, 1.807) is 0 Å². The second kappa shape index (κ2) is 16.8. The normalized spacial score (nSPS) is 11.0. The van der Waals surface area contributed by atoms with Crippen molar-refractivity contribution in [1.29, 1.82) is 0 Å². The molecule has 1 amide bonds. The van der Waals surface area contributed by atoms with Crippen LogP contribution in [0.2, 0.25) is 0 Å². The Morgan fingerprint density at radius 2 is 1.33 bits per heavy atom. The number of ether oxygens (including phenoxy) is 4. The summed E-state index contributed by atoms with van der Waals surface area (Å²) in [4.78, 5) is 22.3. The monoisotopic (exact) mass is 347 g/mol. The van der Waals surface area contributed by atoms with Gasteiger partial charge in [0.15, 0.2) is 5.78 Å². The van der Waals surface area contributed by atoms with E-state index in [9.17, 15) is 9.59 Å². The van der Waals surface area contributed by atoms with E-state index >= 15 is 0 Å². The third kappa shape index (κ3) is 17.3. The Hall–Kier alpha value is -1.02. The molecule has 0 heterocycles. The molecule has 7 heteroatoms. The molecule has 0 saturated carbocycles. The summed E-state index contributed by atoms with van der Waals surface area (Å²) in [5, 5.41) is 2.80. The Kier molecular flexibility index (Phi) is 16.1. The molecule has 0 spiro atoms. The molecule has 142 valence electrons. The number of nitrogens with one attached hydrogen (secondary N) is 1. The summed E-state index contributed by atoms with van der Waals surface area (Å²) in [6.07, 6.45) is 1.05. The highest BCUT2D eigenvalue weighted by molar-refractivity contribution is 5.79. The van der Waals surface area contributed by atoms with Crippen molar-refractivity contribution in [2.24, 2.45) is 5.92 Å². The van der Waals surface area contributed by atoms with Crippen LogP contribution in [0.3, 0.4) is 0 Å². The lowest BCUT2D eigenvalue weighted by Gasteiger charge is -2.08. The Morgan fingerprint density at radius 3 is 1.83 bits per heavy atom. The average molecular weight is 347 g/mol. The van der Waals surface area contributed by atoms with Crippen LogP contribution in [0.25, 0.3) is 0 Å². The van der Waals surface area contributed by atoms with Crippen molar-refractivity contribution >= 4 is 11.7 Å². The van der Waals surface area contributed by atoms with Crippen molar-refractivity contribution in [2.45, 2.75) is 33.6 Å². The standard InChI is InChI=1S/C17H33NO6/c1-4-16(19)14-24-12-11-23-10-9-22-8-7-21-6-5-18-17(20)13-15(2)3/h15H,4-14H2,1-3H3,(H,18,20). The van der Waals surface area contributed by atoms with E-state index in [0.29, 0.717) is 71.6 Å². The van der Waals surface area contributed by atoms with Gasteiger partial charge in [-0.25, -0.2) is 0 Å². The summed E-state index contributed by atoms with van der Waals surface area (Å²) in [5.41, 5.74) is 0. The van der Waals surface area contributed by atoms with Crippen LogP contribution in [0.5, 0.6) is 0 Å². The van der Waals surface area contributed by atoms with Gasteiger partial charge in [0.2, 0.25) is 5.91 Å². The second-order valence-corrected chi connectivity index (χ2v) is 5.73. The lowest BCUT2D eigenvalue weighted by Crippen LogP contribution is -2.28. The van der Waals surface area contributed by atoms with E-state index in [1.807, 2.05) is 20.8 Å². The van der Waals surface area contributed by atoms with Crippen molar-refractivity contribution in [3.63, 3.8) is 0 Å². The molecule has 0 atom stereocenters. The highest BCUT2D eigenvalue weighted by Crippen LogP contribution is 1.97. The Balaban J connectivity index is 3.13. The maximum absolute atomic E-state index is 11.4. The molecule has 0 bridgehead atoms. The fourth-order valence-electron chi connectivity index (χ4n) is 1.65. The fraction of sp³-hybridized carbons (Fsp3) is 0.882. The Labute approximate surface area is 145 Å². The Bertz CT molecular complexity index is 322. The first-order chi connectivity index (χ1) is 11.6. The second-order valence-electron chi connectivity index (χ2n) is 5.73. The third-order valence-electron chi connectivity index (χ3n) is 2.94. The molecule has 0 aliphatic rings.